The molecule has 2 aromatic carbocycles. The van der Waals surface area contributed by atoms with Gasteiger partial charge in [0, 0.05) is 44.0 Å². The van der Waals surface area contributed by atoms with Gasteiger partial charge in [0.1, 0.15) is 5.75 Å². The number of nitrogens with zero attached hydrogens (tertiary/aromatic N) is 2. The fourth-order valence-corrected chi connectivity index (χ4v) is 4.30. The van der Waals surface area contributed by atoms with Gasteiger partial charge in [-0.25, -0.2) is 4.79 Å². The lowest BCUT2D eigenvalue weighted by molar-refractivity contribution is -0.139. The molecule has 2 heterocycles. The van der Waals surface area contributed by atoms with E-state index in [2.05, 4.69) is 57.0 Å². The average molecular weight is 409 g/mol. The van der Waals surface area contributed by atoms with Crippen LogP contribution in [0.15, 0.2) is 65.4 Å². The molecule has 0 unspecified atom stereocenters. The summed E-state index contributed by atoms with van der Waals surface area (Å²) >= 11 is 1.67. The van der Waals surface area contributed by atoms with Crippen LogP contribution in [0.5, 0.6) is 5.75 Å². The van der Waals surface area contributed by atoms with Crippen molar-refractivity contribution in [1.82, 2.24) is 4.90 Å². The van der Waals surface area contributed by atoms with E-state index in [-0.39, 0.29) is 6.61 Å². The Bertz CT molecular complexity index is 936. The summed E-state index contributed by atoms with van der Waals surface area (Å²) in [5.41, 5.74) is 4.60. The van der Waals surface area contributed by atoms with E-state index in [0.29, 0.717) is 5.75 Å². The first kappa shape index (κ1) is 19.5. The molecule has 3 aromatic rings. The van der Waals surface area contributed by atoms with Gasteiger partial charge in [-0.1, -0.05) is 24.3 Å². The number of carboxylic acid groups (broad SMARTS) is 1. The first-order valence-electron chi connectivity index (χ1n) is 9.71. The van der Waals surface area contributed by atoms with E-state index in [1.165, 1.54) is 11.3 Å². The number of piperazine rings is 1. The zero-order valence-corrected chi connectivity index (χ0v) is 17.0. The van der Waals surface area contributed by atoms with E-state index in [1.807, 2.05) is 18.2 Å². The van der Waals surface area contributed by atoms with E-state index in [9.17, 15) is 4.79 Å². The highest BCUT2D eigenvalue weighted by atomic mass is 32.1. The van der Waals surface area contributed by atoms with Crippen LogP contribution in [-0.2, 0) is 11.3 Å². The van der Waals surface area contributed by atoms with Crippen LogP contribution in [0.2, 0.25) is 0 Å². The minimum atomic E-state index is -0.964. The van der Waals surface area contributed by atoms with Crippen LogP contribution in [0.3, 0.4) is 0 Å². The maximum absolute atomic E-state index is 11.0. The molecule has 1 saturated heterocycles. The summed E-state index contributed by atoms with van der Waals surface area (Å²) in [5.74, 6) is -0.314. The van der Waals surface area contributed by atoms with Crippen molar-refractivity contribution in [1.29, 1.82) is 0 Å². The minimum Gasteiger partial charge on any atom is -0.482 e. The van der Waals surface area contributed by atoms with Crippen LogP contribution in [-0.4, -0.2) is 48.8 Å². The first-order chi connectivity index (χ1) is 14.2. The first-order valence-corrected chi connectivity index (χ1v) is 10.7. The van der Waals surface area contributed by atoms with Gasteiger partial charge in [-0.15, -0.1) is 0 Å². The predicted molar refractivity (Wildman–Crippen MR) is 117 cm³/mol. The number of thiophene rings is 1. The minimum absolute atomic E-state index is 0.327. The van der Waals surface area contributed by atoms with E-state index in [0.717, 1.165) is 43.9 Å². The van der Waals surface area contributed by atoms with Crippen molar-refractivity contribution in [3.05, 3.63) is 70.9 Å². The Labute approximate surface area is 174 Å². The lowest BCUT2D eigenvalue weighted by Crippen LogP contribution is -2.46. The zero-order valence-electron chi connectivity index (χ0n) is 16.2. The highest BCUT2D eigenvalue weighted by Crippen LogP contribution is 2.29. The van der Waals surface area contributed by atoms with Gasteiger partial charge in [0.2, 0.25) is 0 Å². The lowest BCUT2D eigenvalue weighted by atomic mass is 10.0. The molecule has 0 aliphatic carbocycles. The number of benzene rings is 2. The van der Waals surface area contributed by atoms with Gasteiger partial charge >= 0.3 is 5.97 Å². The van der Waals surface area contributed by atoms with Crippen LogP contribution in [0, 0.1) is 0 Å². The highest BCUT2D eigenvalue weighted by Gasteiger charge is 2.19. The summed E-state index contributed by atoms with van der Waals surface area (Å²) in [6.45, 7) is 4.27. The zero-order chi connectivity index (χ0) is 20.1. The molecule has 4 rings (SSSR count). The van der Waals surface area contributed by atoms with Crippen LogP contribution in [0.1, 0.15) is 5.56 Å². The molecule has 1 aliphatic heterocycles. The molecule has 0 amide bonds. The largest absolute Gasteiger partial charge is 0.482 e. The molecule has 0 spiro atoms. The molecule has 0 radical (unpaired) electrons. The third-order valence-electron chi connectivity index (χ3n) is 5.15. The molecule has 0 bridgehead atoms. The number of carboxylic acids is 1. The lowest BCUT2D eigenvalue weighted by Gasteiger charge is -2.36. The second kappa shape index (κ2) is 9.11. The fourth-order valence-electron chi connectivity index (χ4n) is 3.64. The molecule has 150 valence electrons. The summed E-state index contributed by atoms with van der Waals surface area (Å²) < 4.78 is 5.57. The summed E-state index contributed by atoms with van der Waals surface area (Å²) in [6.07, 6.45) is 0. The Morgan fingerprint density at radius 2 is 1.79 bits per heavy atom. The second-order valence-electron chi connectivity index (χ2n) is 7.12. The number of hydrogen-bond acceptors (Lipinski definition) is 5. The van der Waals surface area contributed by atoms with Crippen molar-refractivity contribution in [2.24, 2.45) is 0 Å². The van der Waals surface area contributed by atoms with Gasteiger partial charge in [0.15, 0.2) is 6.61 Å². The van der Waals surface area contributed by atoms with Crippen molar-refractivity contribution in [3.63, 3.8) is 0 Å². The quantitative estimate of drug-likeness (QED) is 0.635. The van der Waals surface area contributed by atoms with Crippen molar-refractivity contribution >= 4 is 23.0 Å². The van der Waals surface area contributed by atoms with E-state index in [4.69, 9.17) is 9.84 Å². The molecular formula is C23H24N2O3S. The number of anilines is 1. The van der Waals surface area contributed by atoms with E-state index >= 15 is 0 Å². The van der Waals surface area contributed by atoms with Gasteiger partial charge in [0.05, 0.1) is 0 Å². The number of ether oxygens (including phenoxy) is 1. The standard InChI is InChI=1S/C23H24N2O3S/c26-23(27)16-28-22-7-6-18(19-8-13-29-17-19)14-20(22)15-24-9-11-25(12-10-24)21-4-2-1-3-5-21/h1-8,13-14,17H,9-12,15-16H2,(H,26,27). The maximum Gasteiger partial charge on any atom is 0.341 e. The van der Waals surface area contributed by atoms with E-state index in [1.54, 1.807) is 11.3 Å². The van der Waals surface area contributed by atoms with Crippen molar-refractivity contribution in [2.75, 3.05) is 37.7 Å². The predicted octanol–water partition coefficient (Wildman–Crippen LogP) is 4.20. The Kier molecular flexibility index (Phi) is 6.12. The smallest absolute Gasteiger partial charge is 0.341 e. The van der Waals surface area contributed by atoms with Crippen LogP contribution < -0.4 is 9.64 Å². The molecule has 5 nitrogen and oxygen atoms in total. The summed E-state index contributed by atoms with van der Waals surface area (Å²) in [6, 6.07) is 18.6. The second-order valence-corrected chi connectivity index (χ2v) is 7.90. The Morgan fingerprint density at radius 1 is 1.00 bits per heavy atom. The van der Waals surface area contributed by atoms with Gasteiger partial charge in [-0.05, 0) is 52.2 Å². The SMILES string of the molecule is O=C(O)COc1ccc(-c2ccsc2)cc1CN1CCN(c2ccccc2)CC1. The summed E-state index contributed by atoms with van der Waals surface area (Å²) in [5, 5.41) is 13.2. The number of para-hydroxylation sites is 1. The number of rotatable bonds is 7. The van der Waals surface area contributed by atoms with E-state index < -0.39 is 5.97 Å². The summed E-state index contributed by atoms with van der Waals surface area (Å²) in [7, 11) is 0. The molecule has 29 heavy (non-hydrogen) atoms. The molecule has 6 heteroatoms. The van der Waals surface area contributed by atoms with Gasteiger partial charge in [-0.3, -0.25) is 4.90 Å². The van der Waals surface area contributed by atoms with Crippen LogP contribution in [0.4, 0.5) is 5.69 Å². The molecule has 1 fully saturated rings. The average Bonchev–Trinajstić information content (AvgIpc) is 3.29. The monoisotopic (exact) mass is 408 g/mol. The fraction of sp³-hybridized carbons (Fsp3) is 0.261. The number of carbonyl (C=O) groups is 1. The van der Waals surface area contributed by atoms with Gasteiger partial charge in [0.25, 0.3) is 0 Å². The van der Waals surface area contributed by atoms with Gasteiger partial charge in [-0.2, -0.15) is 11.3 Å². The third-order valence-corrected chi connectivity index (χ3v) is 5.84. The topological polar surface area (TPSA) is 53.0 Å². The number of hydrogen-bond donors (Lipinski definition) is 1. The maximum atomic E-state index is 11.0. The van der Waals surface area contributed by atoms with Crippen LogP contribution in [0.25, 0.3) is 11.1 Å². The van der Waals surface area contributed by atoms with Crippen LogP contribution >= 0.6 is 11.3 Å². The third kappa shape index (κ3) is 4.96. The van der Waals surface area contributed by atoms with Gasteiger partial charge < -0.3 is 14.7 Å². The Balaban J connectivity index is 1.47. The molecule has 0 saturated carbocycles. The molecule has 1 N–H and O–H groups in total. The number of aliphatic carboxylic acids is 1. The molecular weight excluding hydrogens is 384 g/mol. The Morgan fingerprint density at radius 3 is 2.48 bits per heavy atom. The normalized spacial score (nSPS) is 14.7. The Hall–Kier alpha value is -2.83. The van der Waals surface area contributed by atoms with Crippen molar-refractivity contribution in [2.45, 2.75) is 6.54 Å². The molecule has 0 atom stereocenters. The summed E-state index contributed by atoms with van der Waals surface area (Å²) in [4.78, 5) is 15.8. The van der Waals surface area contributed by atoms with Crippen molar-refractivity contribution in [3.8, 4) is 16.9 Å². The van der Waals surface area contributed by atoms with Crippen molar-refractivity contribution < 1.29 is 14.6 Å². The highest BCUT2D eigenvalue weighted by molar-refractivity contribution is 7.08. The molecule has 1 aliphatic rings. The molecule has 1 aromatic heterocycles.